The minimum atomic E-state index is -0.284. The Morgan fingerprint density at radius 2 is 2.03 bits per heavy atom. The number of hydrogen-bond acceptors (Lipinski definition) is 8. The molecule has 0 unspecified atom stereocenters. The number of aromatic nitrogens is 2. The second-order valence-electron chi connectivity index (χ2n) is 9.38. The summed E-state index contributed by atoms with van der Waals surface area (Å²) < 4.78 is 12.5. The van der Waals surface area contributed by atoms with Gasteiger partial charge in [0.05, 0.1) is 53.3 Å². The molecule has 2 aromatic heterocycles. The first-order valence-corrected chi connectivity index (χ1v) is 13.7. The van der Waals surface area contributed by atoms with E-state index in [0.29, 0.717) is 43.7 Å². The molecule has 1 fully saturated rings. The fourth-order valence-corrected chi connectivity index (χ4v) is 5.97. The number of nitrogens with zero attached hydrogens (tertiary/aromatic N) is 4. The molecule has 0 saturated carbocycles. The Labute approximate surface area is 231 Å². The van der Waals surface area contributed by atoms with Crippen LogP contribution in [0.1, 0.15) is 16.8 Å². The largest absolute Gasteiger partial charge is 0.494 e. The van der Waals surface area contributed by atoms with E-state index in [1.165, 1.54) is 17.2 Å². The number of ether oxygens (including phenoxy) is 2. The number of anilines is 4. The highest BCUT2D eigenvalue weighted by Crippen LogP contribution is 2.42. The van der Waals surface area contributed by atoms with Crippen molar-refractivity contribution in [3.63, 3.8) is 0 Å². The zero-order valence-electron chi connectivity index (χ0n) is 21.9. The molecule has 39 heavy (non-hydrogen) atoms. The maximum atomic E-state index is 12.4. The minimum absolute atomic E-state index is 0.284. The number of carbonyl (C=O) groups is 1. The molecule has 9 heteroatoms. The van der Waals surface area contributed by atoms with Crippen molar-refractivity contribution in [1.29, 1.82) is 0 Å². The molecule has 1 saturated heterocycles. The van der Waals surface area contributed by atoms with Crippen LogP contribution in [0.3, 0.4) is 0 Å². The number of allylic oxidation sites excluding steroid dienone is 1. The normalized spacial score (nSPS) is 14.6. The molecule has 1 aliphatic carbocycles. The lowest BCUT2D eigenvalue weighted by Crippen LogP contribution is -2.36. The molecular weight excluding hydrogens is 510 g/mol. The van der Waals surface area contributed by atoms with Crippen LogP contribution in [-0.4, -0.2) is 56.3 Å². The van der Waals surface area contributed by atoms with Crippen LogP contribution >= 0.6 is 11.3 Å². The van der Waals surface area contributed by atoms with Crippen molar-refractivity contribution in [2.45, 2.75) is 6.42 Å². The first-order valence-electron chi connectivity index (χ1n) is 12.8. The van der Waals surface area contributed by atoms with E-state index in [1.807, 2.05) is 30.1 Å². The van der Waals surface area contributed by atoms with E-state index < -0.39 is 0 Å². The third kappa shape index (κ3) is 4.64. The van der Waals surface area contributed by atoms with Crippen molar-refractivity contribution in [3.05, 3.63) is 83.4 Å². The van der Waals surface area contributed by atoms with E-state index in [0.717, 1.165) is 39.3 Å². The molecule has 0 spiro atoms. The molecule has 6 rings (SSSR count). The SMILES string of the molecule is C=CC(=O)Nc1cc(N(C)c2nc(C3=CCc4ccccc43)c3sccc3n2)c(OC)cc1N1CCOCC1. The predicted octanol–water partition coefficient (Wildman–Crippen LogP) is 5.42. The van der Waals surface area contributed by atoms with Gasteiger partial charge in [0.2, 0.25) is 11.9 Å². The van der Waals surface area contributed by atoms with Crippen LogP contribution in [0.5, 0.6) is 5.75 Å². The Bertz CT molecular complexity index is 1610. The Balaban J connectivity index is 1.46. The lowest BCUT2D eigenvalue weighted by atomic mass is 10.0. The van der Waals surface area contributed by atoms with Crippen LogP contribution in [0.4, 0.5) is 23.0 Å². The molecule has 1 amide bonds. The number of methoxy groups -OCH3 is 1. The van der Waals surface area contributed by atoms with Crippen molar-refractivity contribution in [2.24, 2.45) is 0 Å². The van der Waals surface area contributed by atoms with Gasteiger partial charge in [-0.1, -0.05) is 36.9 Å². The standard InChI is InChI=1S/C30H29N5O3S/c1-4-27(36)31-23-17-25(26(37-3)18-24(23)35-12-14-38-15-13-35)34(2)30-32-22-11-16-39-29(22)28(33-30)21-10-9-19-7-5-6-8-20(19)21/h4-8,10-11,16-18H,1,9,12-15H2,2-3H3,(H,31,36). The highest BCUT2D eigenvalue weighted by molar-refractivity contribution is 7.17. The maximum absolute atomic E-state index is 12.4. The zero-order chi connectivity index (χ0) is 26.9. The molecule has 1 aliphatic heterocycles. The van der Waals surface area contributed by atoms with Gasteiger partial charge in [-0.05, 0) is 41.1 Å². The van der Waals surface area contributed by atoms with E-state index in [-0.39, 0.29) is 5.91 Å². The fraction of sp³-hybridized carbons (Fsp3) is 0.233. The van der Waals surface area contributed by atoms with Crippen LogP contribution in [0.2, 0.25) is 0 Å². The third-order valence-electron chi connectivity index (χ3n) is 7.13. The number of amides is 1. The number of benzene rings is 2. The molecule has 2 aromatic carbocycles. The zero-order valence-corrected chi connectivity index (χ0v) is 22.8. The van der Waals surface area contributed by atoms with Gasteiger partial charge >= 0.3 is 0 Å². The summed E-state index contributed by atoms with van der Waals surface area (Å²) >= 11 is 1.65. The van der Waals surface area contributed by atoms with Gasteiger partial charge in [0, 0.05) is 31.8 Å². The van der Waals surface area contributed by atoms with E-state index in [4.69, 9.17) is 19.4 Å². The molecule has 0 bridgehead atoms. The monoisotopic (exact) mass is 539 g/mol. The third-order valence-corrected chi connectivity index (χ3v) is 8.04. The average molecular weight is 540 g/mol. The number of carbonyl (C=O) groups excluding carboxylic acids is 1. The van der Waals surface area contributed by atoms with Gasteiger partial charge in [0.25, 0.3) is 0 Å². The van der Waals surface area contributed by atoms with Gasteiger partial charge < -0.3 is 24.6 Å². The fourth-order valence-electron chi connectivity index (χ4n) is 5.13. The Kier molecular flexibility index (Phi) is 6.76. The summed E-state index contributed by atoms with van der Waals surface area (Å²) in [4.78, 5) is 26.5. The lowest BCUT2D eigenvalue weighted by molar-refractivity contribution is -0.111. The van der Waals surface area contributed by atoms with Crippen LogP contribution in [0.25, 0.3) is 15.8 Å². The summed E-state index contributed by atoms with van der Waals surface area (Å²) in [6.07, 6.45) is 4.40. The van der Waals surface area contributed by atoms with E-state index >= 15 is 0 Å². The van der Waals surface area contributed by atoms with Crippen molar-refractivity contribution >= 4 is 56.0 Å². The lowest BCUT2D eigenvalue weighted by Gasteiger charge is -2.32. The Hall–Kier alpha value is -4.21. The molecule has 4 aromatic rings. The number of thiophene rings is 1. The van der Waals surface area contributed by atoms with Crippen molar-refractivity contribution in [2.75, 3.05) is 55.6 Å². The predicted molar refractivity (Wildman–Crippen MR) is 158 cm³/mol. The van der Waals surface area contributed by atoms with Crippen molar-refractivity contribution < 1.29 is 14.3 Å². The molecule has 0 radical (unpaired) electrons. The van der Waals surface area contributed by atoms with Crippen LogP contribution in [0, 0.1) is 0 Å². The van der Waals surface area contributed by atoms with Gasteiger partial charge in [-0.3, -0.25) is 4.79 Å². The molecule has 1 N–H and O–H groups in total. The summed E-state index contributed by atoms with van der Waals surface area (Å²) in [6, 6.07) is 14.4. The van der Waals surface area contributed by atoms with Gasteiger partial charge in [0.15, 0.2) is 0 Å². The summed E-state index contributed by atoms with van der Waals surface area (Å²) in [7, 11) is 3.56. The summed E-state index contributed by atoms with van der Waals surface area (Å²) in [5.74, 6) is 0.907. The highest BCUT2D eigenvalue weighted by atomic mass is 32.1. The molecule has 198 valence electrons. The van der Waals surface area contributed by atoms with Gasteiger partial charge in [0.1, 0.15) is 5.75 Å². The topological polar surface area (TPSA) is 79.8 Å². The smallest absolute Gasteiger partial charge is 0.247 e. The number of morpholine rings is 1. The second-order valence-corrected chi connectivity index (χ2v) is 10.3. The number of fused-ring (bicyclic) bond motifs is 2. The van der Waals surface area contributed by atoms with Crippen molar-refractivity contribution in [3.8, 4) is 5.75 Å². The molecule has 8 nitrogen and oxygen atoms in total. The first kappa shape index (κ1) is 25.1. The highest BCUT2D eigenvalue weighted by Gasteiger charge is 2.25. The molecule has 2 aliphatic rings. The van der Waals surface area contributed by atoms with E-state index in [9.17, 15) is 4.79 Å². The first-order chi connectivity index (χ1) is 19.1. The Morgan fingerprint density at radius 3 is 2.82 bits per heavy atom. The van der Waals surface area contributed by atoms with E-state index in [2.05, 4.69) is 52.5 Å². The summed E-state index contributed by atoms with van der Waals surface area (Å²) in [6.45, 7) is 6.29. The Morgan fingerprint density at radius 1 is 1.21 bits per heavy atom. The van der Waals surface area contributed by atoms with Crippen LogP contribution in [0.15, 0.2) is 66.6 Å². The number of nitrogens with one attached hydrogen (secondary N) is 1. The minimum Gasteiger partial charge on any atom is -0.494 e. The molecule has 3 heterocycles. The maximum Gasteiger partial charge on any atom is 0.247 e. The molecular formula is C30H29N5O3S. The average Bonchev–Trinajstić information content (AvgIpc) is 3.64. The van der Waals surface area contributed by atoms with Crippen LogP contribution < -0.4 is 19.9 Å². The second kappa shape index (κ2) is 10.5. The summed E-state index contributed by atoms with van der Waals surface area (Å²) in [5.41, 5.74) is 7.71. The van der Waals surface area contributed by atoms with Crippen molar-refractivity contribution in [1.82, 2.24) is 9.97 Å². The van der Waals surface area contributed by atoms with E-state index in [1.54, 1.807) is 18.4 Å². The number of rotatable bonds is 7. The quantitative estimate of drug-likeness (QED) is 0.314. The van der Waals surface area contributed by atoms with Gasteiger partial charge in [-0.2, -0.15) is 0 Å². The summed E-state index contributed by atoms with van der Waals surface area (Å²) in [5, 5.41) is 5.03. The van der Waals surface area contributed by atoms with Gasteiger partial charge in [-0.15, -0.1) is 11.3 Å². The van der Waals surface area contributed by atoms with Crippen LogP contribution in [-0.2, 0) is 16.0 Å². The van der Waals surface area contributed by atoms with Gasteiger partial charge in [-0.25, -0.2) is 9.97 Å². The molecule has 0 atom stereocenters. The number of hydrogen-bond donors (Lipinski definition) is 1.